The number of hydrogen-bond acceptors (Lipinski definition) is 2. The molecule has 0 heterocycles. The molecule has 0 aromatic rings. The van der Waals surface area contributed by atoms with Crippen LogP contribution in [0.2, 0.25) is 0 Å². The Hall–Kier alpha value is -0.600. The molecule has 62 valence electrons. The molecule has 11 heavy (non-hydrogen) atoms. The minimum Gasteiger partial charge on any atom is -0.368 e. The van der Waals surface area contributed by atoms with Gasteiger partial charge in [-0.3, -0.25) is 0 Å². The summed E-state index contributed by atoms with van der Waals surface area (Å²) in [6.07, 6.45) is 8.15. The Morgan fingerprint density at radius 2 is 2.09 bits per heavy atom. The summed E-state index contributed by atoms with van der Waals surface area (Å²) < 4.78 is 5.13. The van der Waals surface area contributed by atoms with Gasteiger partial charge in [-0.2, -0.15) is 0 Å². The molecule has 0 aromatic heterocycles. The Balaban J connectivity index is 2.12. The van der Waals surface area contributed by atoms with Gasteiger partial charge < -0.3 is 9.84 Å². The van der Waals surface area contributed by atoms with Crippen LogP contribution >= 0.6 is 0 Å². The van der Waals surface area contributed by atoms with Crippen LogP contribution in [-0.4, -0.2) is 18.0 Å². The van der Waals surface area contributed by atoms with Crippen LogP contribution < -0.4 is 0 Å². The molecule has 1 atom stereocenters. The topological polar surface area (TPSA) is 29.5 Å². The summed E-state index contributed by atoms with van der Waals surface area (Å²) in [5.41, 5.74) is 0. The fourth-order valence-electron chi connectivity index (χ4n) is 0.929. The number of aliphatic hydroxyl groups excluding tert-OH is 1. The molecular formula is C9H14O2. The Kier molecular flexibility index (Phi) is 3.33. The summed E-state index contributed by atoms with van der Waals surface area (Å²) in [6, 6.07) is 0. The lowest BCUT2D eigenvalue weighted by atomic mass is 10.2. The lowest BCUT2D eigenvalue weighted by molar-refractivity contribution is -0.104. The van der Waals surface area contributed by atoms with Crippen LogP contribution in [-0.2, 0) is 4.74 Å². The van der Waals surface area contributed by atoms with Crippen molar-refractivity contribution in [2.75, 3.05) is 6.61 Å². The third-order valence-corrected chi connectivity index (χ3v) is 1.66. The van der Waals surface area contributed by atoms with E-state index in [0.717, 1.165) is 0 Å². The molecule has 0 aromatic carbocycles. The SMILES string of the molecule is CCC(O)OCC1C=CC=C1. The summed E-state index contributed by atoms with van der Waals surface area (Å²) in [5, 5.41) is 9.05. The largest absolute Gasteiger partial charge is 0.368 e. The highest BCUT2D eigenvalue weighted by Crippen LogP contribution is 2.09. The maximum Gasteiger partial charge on any atom is 0.154 e. The summed E-state index contributed by atoms with van der Waals surface area (Å²) in [7, 11) is 0. The van der Waals surface area contributed by atoms with E-state index in [4.69, 9.17) is 9.84 Å². The molecule has 0 spiro atoms. The second kappa shape index (κ2) is 4.31. The van der Waals surface area contributed by atoms with Crippen LogP contribution in [0.3, 0.4) is 0 Å². The van der Waals surface area contributed by atoms with Crippen LogP contribution in [0.25, 0.3) is 0 Å². The van der Waals surface area contributed by atoms with Crippen molar-refractivity contribution in [3.63, 3.8) is 0 Å². The number of allylic oxidation sites excluding steroid dienone is 2. The van der Waals surface area contributed by atoms with Crippen LogP contribution in [0.1, 0.15) is 13.3 Å². The van der Waals surface area contributed by atoms with Gasteiger partial charge in [0, 0.05) is 5.92 Å². The molecule has 1 rings (SSSR count). The second-order valence-electron chi connectivity index (χ2n) is 2.63. The van der Waals surface area contributed by atoms with Gasteiger partial charge in [-0.15, -0.1) is 0 Å². The fourth-order valence-corrected chi connectivity index (χ4v) is 0.929. The van der Waals surface area contributed by atoms with E-state index in [9.17, 15) is 0 Å². The molecule has 1 aliphatic carbocycles. The number of ether oxygens (including phenoxy) is 1. The molecule has 0 radical (unpaired) electrons. The molecule has 2 nitrogen and oxygen atoms in total. The van der Waals surface area contributed by atoms with Crippen molar-refractivity contribution >= 4 is 0 Å². The van der Waals surface area contributed by atoms with E-state index in [1.165, 1.54) is 0 Å². The van der Waals surface area contributed by atoms with Gasteiger partial charge in [0.05, 0.1) is 6.61 Å². The molecule has 1 N–H and O–H groups in total. The van der Waals surface area contributed by atoms with Gasteiger partial charge in [-0.1, -0.05) is 31.2 Å². The highest BCUT2D eigenvalue weighted by molar-refractivity contribution is 5.17. The first-order valence-electron chi connectivity index (χ1n) is 3.97. The molecule has 0 saturated heterocycles. The lowest BCUT2D eigenvalue weighted by Crippen LogP contribution is -2.14. The highest BCUT2D eigenvalue weighted by atomic mass is 16.6. The Morgan fingerprint density at radius 3 is 2.64 bits per heavy atom. The fraction of sp³-hybridized carbons (Fsp3) is 0.556. The van der Waals surface area contributed by atoms with E-state index < -0.39 is 6.29 Å². The van der Waals surface area contributed by atoms with E-state index >= 15 is 0 Å². The molecule has 0 fully saturated rings. The number of rotatable bonds is 4. The third kappa shape index (κ3) is 2.87. The highest BCUT2D eigenvalue weighted by Gasteiger charge is 2.06. The monoisotopic (exact) mass is 154 g/mol. The first-order valence-corrected chi connectivity index (χ1v) is 3.97. The predicted molar refractivity (Wildman–Crippen MR) is 44.0 cm³/mol. The van der Waals surface area contributed by atoms with Crippen LogP contribution in [0, 0.1) is 5.92 Å². The van der Waals surface area contributed by atoms with Crippen molar-refractivity contribution < 1.29 is 9.84 Å². The van der Waals surface area contributed by atoms with Crippen molar-refractivity contribution in [3.8, 4) is 0 Å². The van der Waals surface area contributed by atoms with Crippen molar-refractivity contribution in [2.45, 2.75) is 19.6 Å². The molecule has 2 heteroatoms. The summed E-state index contributed by atoms with van der Waals surface area (Å²) in [4.78, 5) is 0. The molecule has 1 unspecified atom stereocenters. The van der Waals surface area contributed by atoms with Gasteiger partial charge in [0.1, 0.15) is 0 Å². The molecule has 1 aliphatic rings. The second-order valence-corrected chi connectivity index (χ2v) is 2.63. The minimum atomic E-state index is -0.600. The third-order valence-electron chi connectivity index (χ3n) is 1.66. The minimum absolute atomic E-state index is 0.358. The lowest BCUT2D eigenvalue weighted by Gasteiger charge is -2.11. The predicted octanol–water partition coefficient (Wildman–Crippen LogP) is 1.47. The molecule has 0 bridgehead atoms. The van der Waals surface area contributed by atoms with E-state index in [2.05, 4.69) is 12.2 Å². The summed E-state index contributed by atoms with van der Waals surface area (Å²) in [5.74, 6) is 0.358. The molecular weight excluding hydrogens is 140 g/mol. The normalized spacial score (nSPS) is 19.5. The quantitative estimate of drug-likeness (QED) is 0.621. The zero-order valence-electron chi connectivity index (χ0n) is 6.73. The average molecular weight is 154 g/mol. The maximum atomic E-state index is 9.05. The van der Waals surface area contributed by atoms with Crippen molar-refractivity contribution in [2.24, 2.45) is 5.92 Å². The first-order chi connectivity index (χ1) is 5.33. The van der Waals surface area contributed by atoms with Gasteiger partial charge in [0.15, 0.2) is 6.29 Å². The summed E-state index contributed by atoms with van der Waals surface area (Å²) >= 11 is 0. The van der Waals surface area contributed by atoms with Gasteiger partial charge in [-0.25, -0.2) is 0 Å². The van der Waals surface area contributed by atoms with Crippen LogP contribution in [0.4, 0.5) is 0 Å². The number of aliphatic hydroxyl groups is 1. The maximum absolute atomic E-state index is 9.05. The molecule has 0 saturated carbocycles. The van der Waals surface area contributed by atoms with Crippen molar-refractivity contribution in [3.05, 3.63) is 24.3 Å². The van der Waals surface area contributed by atoms with E-state index in [0.29, 0.717) is 18.9 Å². The van der Waals surface area contributed by atoms with Gasteiger partial charge in [-0.05, 0) is 6.42 Å². The number of hydrogen-bond donors (Lipinski definition) is 1. The van der Waals surface area contributed by atoms with E-state index in [-0.39, 0.29) is 0 Å². The molecule has 0 aliphatic heterocycles. The standard InChI is InChI=1S/C9H14O2/c1-2-9(10)11-7-8-5-3-4-6-8/h3-6,8-10H,2,7H2,1H3. The van der Waals surface area contributed by atoms with Crippen molar-refractivity contribution in [1.29, 1.82) is 0 Å². The molecule has 0 amide bonds. The Labute approximate surface area is 67.2 Å². The Morgan fingerprint density at radius 1 is 1.45 bits per heavy atom. The summed E-state index contributed by atoms with van der Waals surface area (Å²) in [6.45, 7) is 2.48. The van der Waals surface area contributed by atoms with Crippen LogP contribution in [0.15, 0.2) is 24.3 Å². The van der Waals surface area contributed by atoms with Crippen molar-refractivity contribution in [1.82, 2.24) is 0 Å². The smallest absolute Gasteiger partial charge is 0.154 e. The van der Waals surface area contributed by atoms with E-state index in [1.807, 2.05) is 19.1 Å². The Bertz CT molecular complexity index is 149. The van der Waals surface area contributed by atoms with Gasteiger partial charge in [0.25, 0.3) is 0 Å². The zero-order chi connectivity index (χ0) is 8.10. The van der Waals surface area contributed by atoms with Crippen LogP contribution in [0.5, 0.6) is 0 Å². The first kappa shape index (κ1) is 8.50. The van der Waals surface area contributed by atoms with Gasteiger partial charge in [0.2, 0.25) is 0 Å². The zero-order valence-corrected chi connectivity index (χ0v) is 6.73. The van der Waals surface area contributed by atoms with Gasteiger partial charge >= 0.3 is 0 Å². The van der Waals surface area contributed by atoms with E-state index in [1.54, 1.807) is 0 Å². The average Bonchev–Trinajstić information content (AvgIpc) is 2.52.